The molecule has 98 valence electrons. The maximum absolute atomic E-state index is 5.59. The second-order valence-electron chi connectivity index (χ2n) is 4.52. The van der Waals surface area contributed by atoms with Crippen LogP contribution in [0.25, 0.3) is 22.3 Å². The van der Waals surface area contributed by atoms with Gasteiger partial charge in [-0.3, -0.25) is 0 Å². The Morgan fingerprint density at radius 2 is 0.850 bits per heavy atom. The van der Waals surface area contributed by atoms with E-state index in [1.54, 1.807) is 24.5 Å². The first-order valence-electron chi connectivity index (χ1n) is 6.26. The summed E-state index contributed by atoms with van der Waals surface area (Å²) in [5.74, 6) is 1.05. The third-order valence-electron chi connectivity index (χ3n) is 3.12. The Kier molecular flexibility index (Phi) is 3.05. The summed E-state index contributed by atoms with van der Waals surface area (Å²) < 4.78 is 0. The van der Waals surface area contributed by atoms with E-state index in [1.165, 1.54) is 0 Å². The first-order valence-corrected chi connectivity index (χ1v) is 6.26. The zero-order chi connectivity index (χ0) is 13.9. The monoisotopic (exact) mass is 262 g/mol. The van der Waals surface area contributed by atoms with Crippen molar-refractivity contribution in [2.45, 2.75) is 0 Å². The van der Waals surface area contributed by atoms with Crippen LogP contribution in [-0.4, -0.2) is 9.97 Å². The second-order valence-corrected chi connectivity index (χ2v) is 4.52. The lowest BCUT2D eigenvalue weighted by molar-refractivity contribution is 1.33. The van der Waals surface area contributed by atoms with E-state index in [4.69, 9.17) is 11.5 Å². The van der Waals surface area contributed by atoms with Crippen molar-refractivity contribution in [2.75, 3.05) is 11.5 Å². The van der Waals surface area contributed by atoms with E-state index < -0.39 is 0 Å². The van der Waals surface area contributed by atoms with Crippen LogP contribution in [0.1, 0.15) is 0 Å². The molecule has 3 aromatic rings. The summed E-state index contributed by atoms with van der Waals surface area (Å²) in [5, 5.41) is 0. The highest BCUT2D eigenvalue weighted by Gasteiger charge is 2.01. The van der Waals surface area contributed by atoms with Gasteiger partial charge in [0.2, 0.25) is 0 Å². The Hall–Kier alpha value is -2.88. The van der Waals surface area contributed by atoms with Gasteiger partial charge >= 0.3 is 0 Å². The molecule has 1 aromatic carbocycles. The number of aromatic nitrogens is 2. The molecule has 0 saturated carbocycles. The normalized spacial score (nSPS) is 10.4. The van der Waals surface area contributed by atoms with Gasteiger partial charge in [-0.15, -0.1) is 0 Å². The van der Waals surface area contributed by atoms with Gasteiger partial charge in [0.15, 0.2) is 0 Å². The molecule has 4 heteroatoms. The third-order valence-corrected chi connectivity index (χ3v) is 3.12. The molecular weight excluding hydrogens is 248 g/mol. The minimum Gasteiger partial charge on any atom is -0.384 e. The molecule has 0 aliphatic rings. The van der Waals surface area contributed by atoms with Crippen molar-refractivity contribution in [1.82, 2.24) is 9.97 Å². The van der Waals surface area contributed by atoms with Crippen LogP contribution >= 0.6 is 0 Å². The number of nitrogen functional groups attached to an aromatic ring is 2. The highest BCUT2D eigenvalue weighted by molar-refractivity contribution is 5.70. The standard InChI is InChI=1S/C16H14N4/c17-15-7-5-13(9-19-15)11-1-2-12(4-3-11)14-6-8-16(18)20-10-14/h1-10H,(H2,17,19)(H2,18,20). The number of hydrogen-bond acceptors (Lipinski definition) is 4. The van der Waals surface area contributed by atoms with E-state index in [9.17, 15) is 0 Å². The number of hydrogen-bond donors (Lipinski definition) is 2. The molecule has 4 N–H and O–H groups in total. The van der Waals surface area contributed by atoms with Crippen LogP contribution < -0.4 is 11.5 Å². The minimum atomic E-state index is 0.526. The average Bonchev–Trinajstić information content (AvgIpc) is 2.49. The predicted octanol–water partition coefficient (Wildman–Crippen LogP) is 2.98. The van der Waals surface area contributed by atoms with Gasteiger partial charge in [-0.1, -0.05) is 24.3 Å². The van der Waals surface area contributed by atoms with Gasteiger partial charge in [0.1, 0.15) is 11.6 Å². The van der Waals surface area contributed by atoms with Gasteiger partial charge < -0.3 is 11.5 Å². The van der Waals surface area contributed by atoms with E-state index >= 15 is 0 Å². The minimum absolute atomic E-state index is 0.526. The Morgan fingerprint density at radius 3 is 1.15 bits per heavy atom. The summed E-state index contributed by atoms with van der Waals surface area (Å²) in [6, 6.07) is 15.7. The number of pyridine rings is 2. The number of benzene rings is 1. The van der Waals surface area contributed by atoms with E-state index in [1.807, 2.05) is 12.1 Å². The molecule has 0 aliphatic heterocycles. The Balaban J connectivity index is 1.91. The summed E-state index contributed by atoms with van der Waals surface area (Å²) >= 11 is 0. The topological polar surface area (TPSA) is 77.8 Å². The predicted molar refractivity (Wildman–Crippen MR) is 81.7 cm³/mol. The van der Waals surface area contributed by atoms with Gasteiger partial charge in [-0.05, 0) is 35.4 Å². The van der Waals surface area contributed by atoms with Gasteiger partial charge in [-0.2, -0.15) is 0 Å². The molecule has 0 fully saturated rings. The second kappa shape index (κ2) is 5.01. The molecule has 0 bridgehead atoms. The SMILES string of the molecule is Nc1ccc(-c2ccc(-c3ccc(N)nc3)cc2)cn1. The fourth-order valence-corrected chi connectivity index (χ4v) is 2.01. The maximum atomic E-state index is 5.59. The molecule has 4 nitrogen and oxygen atoms in total. The van der Waals surface area contributed by atoms with Crippen LogP contribution in [-0.2, 0) is 0 Å². The van der Waals surface area contributed by atoms with Gasteiger partial charge in [0.25, 0.3) is 0 Å². The maximum Gasteiger partial charge on any atom is 0.123 e. The number of anilines is 2. The molecule has 3 rings (SSSR count). The fraction of sp³-hybridized carbons (Fsp3) is 0. The van der Waals surface area contributed by atoms with E-state index in [2.05, 4.69) is 34.2 Å². The summed E-state index contributed by atoms with van der Waals surface area (Å²) in [6.07, 6.45) is 3.55. The molecule has 0 aliphatic carbocycles. The Morgan fingerprint density at radius 1 is 0.500 bits per heavy atom. The van der Waals surface area contributed by atoms with Crippen molar-refractivity contribution in [3.63, 3.8) is 0 Å². The Labute approximate surface area is 117 Å². The quantitative estimate of drug-likeness (QED) is 0.744. The van der Waals surface area contributed by atoms with Gasteiger partial charge in [0, 0.05) is 23.5 Å². The lowest BCUT2D eigenvalue weighted by Crippen LogP contribution is -1.90. The molecule has 0 radical (unpaired) electrons. The van der Waals surface area contributed by atoms with E-state index in [0.29, 0.717) is 11.6 Å². The highest BCUT2D eigenvalue weighted by Crippen LogP contribution is 2.24. The number of rotatable bonds is 2. The zero-order valence-corrected chi connectivity index (χ0v) is 10.8. The molecular formula is C16H14N4. The molecule has 2 heterocycles. The fourth-order valence-electron chi connectivity index (χ4n) is 2.01. The van der Waals surface area contributed by atoms with Crippen molar-refractivity contribution in [1.29, 1.82) is 0 Å². The summed E-state index contributed by atoms with van der Waals surface area (Å²) in [4.78, 5) is 8.20. The first kappa shape index (κ1) is 12.2. The Bertz CT molecular complexity index is 636. The average molecular weight is 262 g/mol. The van der Waals surface area contributed by atoms with Crippen LogP contribution in [0.3, 0.4) is 0 Å². The van der Waals surface area contributed by atoms with Crippen molar-refractivity contribution < 1.29 is 0 Å². The lowest BCUT2D eigenvalue weighted by atomic mass is 10.0. The summed E-state index contributed by atoms with van der Waals surface area (Å²) in [5.41, 5.74) is 15.5. The molecule has 0 saturated heterocycles. The number of nitrogens with zero attached hydrogens (tertiary/aromatic N) is 2. The van der Waals surface area contributed by atoms with E-state index in [-0.39, 0.29) is 0 Å². The van der Waals surface area contributed by atoms with E-state index in [0.717, 1.165) is 22.3 Å². The van der Waals surface area contributed by atoms with Crippen molar-refractivity contribution in [3.8, 4) is 22.3 Å². The summed E-state index contributed by atoms with van der Waals surface area (Å²) in [7, 11) is 0. The molecule has 0 atom stereocenters. The molecule has 0 amide bonds. The van der Waals surface area contributed by atoms with Gasteiger partial charge in [0.05, 0.1) is 0 Å². The highest BCUT2D eigenvalue weighted by atomic mass is 14.8. The van der Waals surface area contributed by atoms with Crippen LogP contribution in [0.2, 0.25) is 0 Å². The molecule has 20 heavy (non-hydrogen) atoms. The zero-order valence-electron chi connectivity index (χ0n) is 10.8. The smallest absolute Gasteiger partial charge is 0.123 e. The van der Waals surface area contributed by atoms with Crippen molar-refractivity contribution in [3.05, 3.63) is 60.9 Å². The first-order chi connectivity index (χ1) is 9.72. The molecule has 0 spiro atoms. The molecule has 2 aromatic heterocycles. The van der Waals surface area contributed by atoms with Crippen molar-refractivity contribution in [2.24, 2.45) is 0 Å². The molecule has 0 unspecified atom stereocenters. The summed E-state index contributed by atoms with van der Waals surface area (Å²) in [6.45, 7) is 0. The van der Waals surface area contributed by atoms with Crippen LogP contribution in [0.15, 0.2) is 60.9 Å². The van der Waals surface area contributed by atoms with Crippen molar-refractivity contribution >= 4 is 11.6 Å². The van der Waals surface area contributed by atoms with Gasteiger partial charge in [-0.25, -0.2) is 9.97 Å². The third kappa shape index (κ3) is 2.44. The number of nitrogens with two attached hydrogens (primary N) is 2. The lowest BCUT2D eigenvalue weighted by Gasteiger charge is -2.05. The van der Waals surface area contributed by atoms with Crippen LogP contribution in [0.5, 0.6) is 0 Å². The largest absolute Gasteiger partial charge is 0.384 e. The van der Waals surface area contributed by atoms with Crippen LogP contribution in [0, 0.1) is 0 Å². The van der Waals surface area contributed by atoms with Crippen LogP contribution in [0.4, 0.5) is 11.6 Å².